The van der Waals surface area contributed by atoms with Gasteiger partial charge in [-0.25, -0.2) is 8.42 Å². The summed E-state index contributed by atoms with van der Waals surface area (Å²) in [6, 6.07) is 17.1. The van der Waals surface area contributed by atoms with Gasteiger partial charge in [0.05, 0.1) is 29.1 Å². The Kier molecular flexibility index (Phi) is 6.81. The molecule has 8 nitrogen and oxygen atoms in total. The molecule has 10 heteroatoms. The fourth-order valence-corrected chi connectivity index (χ4v) is 4.00. The van der Waals surface area contributed by atoms with E-state index in [1.54, 1.807) is 37.3 Å². The molecule has 0 heterocycles. The standard InChI is InChI=1S/C22H20ClN3O5S/c1-15-3-10-20(26(28)29)13-21(15)24-22(27)17-6-11-19(12-7-17)25(32(2,30)31)14-16-4-8-18(23)9-5-16/h3-13H,14H2,1-2H3,(H,24,27). The number of benzene rings is 3. The summed E-state index contributed by atoms with van der Waals surface area (Å²) in [6.45, 7) is 1.83. The van der Waals surface area contributed by atoms with E-state index in [4.69, 9.17) is 11.6 Å². The van der Waals surface area contributed by atoms with Gasteiger partial charge in [0.15, 0.2) is 0 Å². The first-order valence-electron chi connectivity index (χ1n) is 9.43. The van der Waals surface area contributed by atoms with E-state index in [0.29, 0.717) is 22.0 Å². The number of nitrogens with one attached hydrogen (secondary N) is 1. The topological polar surface area (TPSA) is 110 Å². The monoisotopic (exact) mass is 473 g/mol. The number of amides is 1. The van der Waals surface area contributed by atoms with Crippen LogP contribution in [0.3, 0.4) is 0 Å². The van der Waals surface area contributed by atoms with Gasteiger partial charge in [0, 0.05) is 22.7 Å². The number of halogens is 1. The lowest BCUT2D eigenvalue weighted by Gasteiger charge is -2.23. The molecule has 0 saturated carbocycles. The zero-order valence-corrected chi connectivity index (χ0v) is 18.9. The Morgan fingerprint density at radius 2 is 1.69 bits per heavy atom. The Bertz CT molecular complexity index is 1260. The lowest BCUT2D eigenvalue weighted by Crippen LogP contribution is -2.29. The van der Waals surface area contributed by atoms with Crippen molar-refractivity contribution in [1.82, 2.24) is 0 Å². The Hall–Kier alpha value is -3.43. The van der Waals surface area contributed by atoms with Gasteiger partial charge in [-0.15, -0.1) is 0 Å². The molecule has 0 aliphatic rings. The van der Waals surface area contributed by atoms with Gasteiger partial charge in [-0.05, 0) is 54.4 Å². The molecule has 0 saturated heterocycles. The van der Waals surface area contributed by atoms with Crippen LogP contribution >= 0.6 is 11.6 Å². The average Bonchev–Trinajstić information content (AvgIpc) is 2.74. The van der Waals surface area contributed by atoms with E-state index in [-0.39, 0.29) is 17.8 Å². The van der Waals surface area contributed by atoms with Crippen molar-refractivity contribution in [3.63, 3.8) is 0 Å². The van der Waals surface area contributed by atoms with Crippen LogP contribution in [-0.2, 0) is 16.6 Å². The molecule has 0 bridgehead atoms. The van der Waals surface area contributed by atoms with Crippen molar-refractivity contribution in [2.75, 3.05) is 15.9 Å². The molecule has 0 fully saturated rings. The molecule has 0 atom stereocenters. The minimum Gasteiger partial charge on any atom is -0.321 e. The summed E-state index contributed by atoms with van der Waals surface area (Å²) < 4.78 is 25.9. The second kappa shape index (κ2) is 9.37. The minimum atomic E-state index is -3.59. The molecule has 32 heavy (non-hydrogen) atoms. The molecule has 1 amide bonds. The van der Waals surface area contributed by atoms with Crippen LogP contribution in [0.5, 0.6) is 0 Å². The van der Waals surface area contributed by atoms with Crippen LogP contribution in [0, 0.1) is 17.0 Å². The van der Waals surface area contributed by atoms with Gasteiger partial charge in [0.1, 0.15) is 0 Å². The number of nitrogens with zero attached hydrogens (tertiary/aromatic N) is 2. The quantitative estimate of drug-likeness (QED) is 0.392. The SMILES string of the molecule is Cc1ccc([N+](=O)[O-])cc1NC(=O)c1ccc(N(Cc2ccc(Cl)cc2)S(C)(=O)=O)cc1. The van der Waals surface area contributed by atoms with E-state index in [2.05, 4.69) is 5.32 Å². The number of anilines is 2. The van der Waals surface area contributed by atoms with Crippen LogP contribution in [-0.4, -0.2) is 25.5 Å². The van der Waals surface area contributed by atoms with Gasteiger partial charge in [-0.3, -0.25) is 19.2 Å². The Labute approximate surface area is 190 Å². The lowest BCUT2D eigenvalue weighted by atomic mass is 10.1. The molecule has 0 spiro atoms. The van der Waals surface area contributed by atoms with Crippen molar-refractivity contribution in [2.45, 2.75) is 13.5 Å². The fraction of sp³-hybridized carbons (Fsp3) is 0.136. The van der Waals surface area contributed by atoms with Crippen LogP contribution < -0.4 is 9.62 Å². The number of nitro benzene ring substituents is 1. The molecule has 0 radical (unpaired) electrons. The average molecular weight is 474 g/mol. The van der Waals surface area contributed by atoms with Gasteiger partial charge in [0.2, 0.25) is 10.0 Å². The number of nitro groups is 1. The molecule has 0 aromatic heterocycles. The molecule has 166 valence electrons. The van der Waals surface area contributed by atoms with Gasteiger partial charge >= 0.3 is 0 Å². The van der Waals surface area contributed by atoms with Crippen molar-refractivity contribution >= 4 is 44.6 Å². The first-order chi connectivity index (χ1) is 15.0. The largest absolute Gasteiger partial charge is 0.321 e. The summed E-state index contributed by atoms with van der Waals surface area (Å²) in [5, 5.41) is 14.2. The first-order valence-corrected chi connectivity index (χ1v) is 11.7. The zero-order valence-electron chi connectivity index (χ0n) is 17.3. The Morgan fingerprint density at radius 3 is 2.25 bits per heavy atom. The second-order valence-corrected chi connectivity index (χ2v) is 9.50. The molecule has 0 aliphatic heterocycles. The van der Waals surface area contributed by atoms with Gasteiger partial charge in [0.25, 0.3) is 11.6 Å². The Balaban J connectivity index is 1.82. The minimum absolute atomic E-state index is 0.106. The number of hydrogen-bond donors (Lipinski definition) is 1. The zero-order chi connectivity index (χ0) is 23.5. The summed E-state index contributed by atoms with van der Waals surface area (Å²) in [4.78, 5) is 23.1. The summed E-state index contributed by atoms with van der Waals surface area (Å²) in [6.07, 6.45) is 1.11. The lowest BCUT2D eigenvalue weighted by molar-refractivity contribution is -0.384. The van der Waals surface area contributed by atoms with Crippen LogP contribution in [0.1, 0.15) is 21.5 Å². The van der Waals surface area contributed by atoms with Crippen molar-refractivity contribution in [2.24, 2.45) is 0 Å². The van der Waals surface area contributed by atoms with Gasteiger partial charge in [-0.1, -0.05) is 29.8 Å². The number of aryl methyl sites for hydroxylation is 1. The molecule has 1 N–H and O–H groups in total. The van der Waals surface area contributed by atoms with E-state index in [9.17, 15) is 23.3 Å². The van der Waals surface area contributed by atoms with Crippen molar-refractivity contribution in [1.29, 1.82) is 0 Å². The first kappa shape index (κ1) is 23.2. The summed E-state index contributed by atoms with van der Waals surface area (Å²) in [5.74, 6) is -0.469. The van der Waals surface area contributed by atoms with Crippen LogP contribution in [0.15, 0.2) is 66.7 Å². The summed E-state index contributed by atoms with van der Waals surface area (Å²) in [5.41, 5.74) is 2.29. The van der Waals surface area contributed by atoms with Gasteiger partial charge < -0.3 is 5.32 Å². The third-order valence-corrected chi connectivity index (χ3v) is 6.13. The number of carbonyl (C=O) groups is 1. The highest BCUT2D eigenvalue weighted by atomic mass is 35.5. The fourth-order valence-electron chi connectivity index (χ4n) is 2.99. The molecule has 3 aromatic carbocycles. The highest BCUT2D eigenvalue weighted by Crippen LogP contribution is 2.24. The maximum absolute atomic E-state index is 12.6. The summed E-state index contributed by atoms with van der Waals surface area (Å²) in [7, 11) is -3.59. The van der Waals surface area contributed by atoms with Crippen molar-refractivity contribution in [3.8, 4) is 0 Å². The van der Waals surface area contributed by atoms with Crippen LogP contribution in [0.4, 0.5) is 17.1 Å². The summed E-state index contributed by atoms with van der Waals surface area (Å²) >= 11 is 5.89. The molecular formula is C22H20ClN3O5S. The molecule has 0 unspecified atom stereocenters. The highest BCUT2D eigenvalue weighted by molar-refractivity contribution is 7.92. The predicted octanol–water partition coefficient (Wildman–Crippen LogP) is 4.78. The van der Waals surface area contributed by atoms with E-state index in [1.165, 1.54) is 40.7 Å². The molecule has 3 aromatic rings. The number of sulfonamides is 1. The number of rotatable bonds is 7. The van der Waals surface area contributed by atoms with E-state index < -0.39 is 20.9 Å². The van der Waals surface area contributed by atoms with Crippen molar-refractivity contribution in [3.05, 3.63) is 98.6 Å². The maximum atomic E-state index is 12.6. The molecule has 0 aliphatic carbocycles. The number of carbonyl (C=O) groups excluding carboxylic acids is 1. The van der Waals surface area contributed by atoms with Crippen LogP contribution in [0.2, 0.25) is 5.02 Å². The van der Waals surface area contributed by atoms with E-state index >= 15 is 0 Å². The van der Waals surface area contributed by atoms with Crippen molar-refractivity contribution < 1.29 is 18.1 Å². The molecular weight excluding hydrogens is 454 g/mol. The molecule has 3 rings (SSSR count). The van der Waals surface area contributed by atoms with E-state index in [1.807, 2.05) is 0 Å². The maximum Gasteiger partial charge on any atom is 0.271 e. The number of non-ortho nitro benzene ring substituents is 1. The van der Waals surface area contributed by atoms with Gasteiger partial charge in [-0.2, -0.15) is 0 Å². The highest BCUT2D eigenvalue weighted by Gasteiger charge is 2.19. The van der Waals surface area contributed by atoms with E-state index in [0.717, 1.165) is 11.8 Å². The second-order valence-electron chi connectivity index (χ2n) is 7.15. The third kappa shape index (κ3) is 5.63. The van der Waals surface area contributed by atoms with Crippen LogP contribution in [0.25, 0.3) is 0 Å². The Morgan fingerprint density at radius 1 is 1.06 bits per heavy atom. The third-order valence-electron chi connectivity index (χ3n) is 4.74. The normalized spacial score (nSPS) is 11.1. The predicted molar refractivity (Wildman–Crippen MR) is 125 cm³/mol. The number of hydrogen-bond acceptors (Lipinski definition) is 5. The smallest absolute Gasteiger partial charge is 0.271 e.